The van der Waals surface area contributed by atoms with Crippen molar-refractivity contribution in [2.45, 2.75) is 6.92 Å². The Kier molecular flexibility index (Phi) is 2.63. The summed E-state index contributed by atoms with van der Waals surface area (Å²) in [6.45, 7) is 1.69. The molecule has 16 heavy (non-hydrogen) atoms. The van der Waals surface area contributed by atoms with Gasteiger partial charge in [-0.15, -0.1) is 0 Å². The molecule has 0 aliphatic carbocycles. The summed E-state index contributed by atoms with van der Waals surface area (Å²) in [4.78, 5) is 13.9. The Hall–Kier alpha value is -1.49. The summed E-state index contributed by atoms with van der Waals surface area (Å²) in [5, 5.41) is 0. The predicted octanol–water partition coefficient (Wildman–Crippen LogP) is 1.44. The Morgan fingerprint density at radius 2 is 2.12 bits per heavy atom. The average molecular weight is 239 g/mol. The van der Waals surface area contributed by atoms with Crippen molar-refractivity contribution in [1.29, 1.82) is 0 Å². The molecule has 0 N–H and O–H groups in total. The van der Waals surface area contributed by atoms with Crippen LogP contribution in [0.1, 0.15) is 17.3 Å². The van der Waals surface area contributed by atoms with E-state index in [0.717, 1.165) is 0 Å². The molecule has 0 aromatic heterocycles. The Balaban J connectivity index is 2.69. The average Bonchev–Trinajstić information content (AvgIpc) is 2.27. The first-order chi connectivity index (χ1) is 7.56. The molecular formula is C11H10FNO2S. The monoisotopic (exact) mass is 239 g/mol. The maximum Gasteiger partial charge on any atom is 0.174 e. The molecule has 1 atom stereocenters. The standard InChI is InChI=1S/C11H10FNO2S/c1-6-10(14)8-4-3-7(12)5-9(8)13(2)11(6)16-15/h3-6H,1-2H3. The van der Waals surface area contributed by atoms with Crippen molar-refractivity contribution >= 4 is 27.7 Å². The number of nitrogens with zero attached hydrogens (tertiary/aromatic N) is 1. The Morgan fingerprint density at radius 1 is 1.44 bits per heavy atom. The van der Waals surface area contributed by atoms with Crippen LogP contribution in [0.15, 0.2) is 18.2 Å². The zero-order valence-corrected chi connectivity index (χ0v) is 9.68. The van der Waals surface area contributed by atoms with Crippen LogP contribution >= 0.6 is 0 Å². The fourth-order valence-corrected chi connectivity index (χ4v) is 2.33. The highest BCUT2D eigenvalue weighted by Crippen LogP contribution is 2.30. The summed E-state index contributed by atoms with van der Waals surface area (Å²) in [5.41, 5.74) is 0.927. The number of carbonyl (C=O) groups is 1. The number of benzene rings is 1. The lowest BCUT2D eigenvalue weighted by atomic mass is 9.92. The quantitative estimate of drug-likeness (QED) is 0.643. The topological polar surface area (TPSA) is 37.4 Å². The third kappa shape index (κ3) is 1.48. The van der Waals surface area contributed by atoms with Gasteiger partial charge in [-0.05, 0) is 25.1 Å². The van der Waals surface area contributed by atoms with Crippen LogP contribution in [0.3, 0.4) is 0 Å². The molecule has 1 aliphatic rings. The van der Waals surface area contributed by atoms with E-state index in [4.69, 9.17) is 0 Å². The zero-order chi connectivity index (χ0) is 11.9. The van der Waals surface area contributed by atoms with Crippen LogP contribution in [-0.4, -0.2) is 22.0 Å². The van der Waals surface area contributed by atoms with E-state index in [9.17, 15) is 13.4 Å². The molecule has 1 heterocycles. The molecule has 0 saturated carbocycles. The molecule has 1 aliphatic heterocycles. The lowest BCUT2D eigenvalue weighted by molar-refractivity contribution is 0.0959. The number of hydrogen-bond acceptors (Lipinski definition) is 2. The third-order valence-electron chi connectivity index (χ3n) is 2.77. The maximum atomic E-state index is 13.1. The van der Waals surface area contributed by atoms with Crippen LogP contribution in [0.5, 0.6) is 0 Å². The molecule has 1 unspecified atom stereocenters. The fourth-order valence-electron chi connectivity index (χ4n) is 1.87. The smallest absolute Gasteiger partial charge is 0.174 e. The molecule has 84 valence electrons. The maximum absolute atomic E-state index is 13.1. The Labute approximate surface area is 95.9 Å². The number of anilines is 1. The summed E-state index contributed by atoms with van der Waals surface area (Å²) in [5.74, 6) is -1.000. The minimum absolute atomic E-state index is 0.133. The largest absolute Gasteiger partial charge is 0.336 e. The number of carbonyl (C=O) groups excluding carboxylic acids is 1. The van der Waals surface area contributed by atoms with Crippen molar-refractivity contribution in [3.8, 4) is 0 Å². The first kappa shape index (κ1) is 11.0. The molecule has 1 aromatic rings. The van der Waals surface area contributed by atoms with Gasteiger partial charge in [-0.3, -0.25) is 4.79 Å². The van der Waals surface area contributed by atoms with Gasteiger partial charge >= 0.3 is 0 Å². The van der Waals surface area contributed by atoms with Gasteiger partial charge < -0.3 is 4.90 Å². The van der Waals surface area contributed by atoms with Gasteiger partial charge in [-0.25, -0.2) is 8.60 Å². The Bertz CT molecular complexity index is 523. The van der Waals surface area contributed by atoms with Gasteiger partial charge in [-0.1, -0.05) is 0 Å². The van der Waals surface area contributed by atoms with E-state index in [0.29, 0.717) is 16.2 Å². The highest BCUT2D eigenvalue weighted by molar-refractivity contribution is 7.66. The van der Waals surface area contributed by atoms with Crippen LogP contribution < -0.4 is 4.90 Å². The molecule has 0 bridgehead atoms. The van der Waals surface area contributed by atoms with Gasteiger partial charge in [0.05, 0.1) is 11.6 Å². The second-order valence-electron chi connectivity index (χ2n) is 3.73. The number of halogens is 1. The number of hydrogen-bond donors (Lipinski definition) is 0. The van der Waals surface area contributed by atoms with Crippen LogP contribution in [0.2, 0.25) is 0 Å². The minimum Gasteiger partial charge on any atom is -0.336 e. The van der Waals surface area contributed by atoms with Gasteiger partial charge in [0, 0.05) is 12.6 Å². The molecule has 2 rings (SSSR count). The number of Topliss-reactive ketones (excluding diaryl/α,β-unsaturated/α-hetero) is 1. The van der Waals surface area contributed by atoms with E-state index in [2.05, 4.69) is 0 Å². The second kappa shape index (κ2) is 3.83. The highest BCUT2D eigenvalue weighted by atomic mass is 32.1. The third-order valence-corrected chi connectivity index (χ3v) is 3.56. The van der Waals surface area contributed by atoms with E-state index < -0.39 is 11.7 Å². The molecule has 3 nitrogen and oxygen atoms in total. The molecule has 1 aromatic carbocycles. The van der Waals surface area contributed by atoms with Crippen molar-refractivity contribution in [1.82, 2.24) is 0 Å². The summed E-state index contributed by atoms with van der Waals surface area (Å²) >= 11 is 0.284. The highest BCUT2D eigenvalue weighted by Gasteiger charge is 2.32. The summed E-state index contributed by atoms with van der Waals surface area (Å²) < 4.78 is 24.0. The normalized spacial score (nSPS) is 19.7. The summed E-state index contributed by atoms with van der Waals surface area (Å²) in [6.07, 6.45) is 0. The van der Waals surface area contributed by atoms with Gasteiger partial charge in [0.15, 0.2) is 5.78 Å². The molecule has 0 spiro atoms. The van der Waals surface area contributed by atoms with E-state index in [1.807, 2.05) is 0 Å². The second-order valence-corrected chi connectivity index (χ2v) is 4.31. The molecule has 0 fully saturated rings. The van der Waals surface area contributed by atoms with E-state index in [-0.39, 0.29) is 17.0 Å². The van der Waals surface area contributed by atoms with Crippen molar-refractivity contribution in [2.75, 3.05) is 11.9 Å². The van der Waals surface area contributed by atoms with E-state index >= 15 is 0 Å². The number of fused-ring (bicyclic) bond motifs is 1. The molecule has 0 amide bonds. The van der Waals surface area contributed by atoms with Gasteiger partial charge in [0.25, 0.3) is 0 Å². The van der Waals surface area contributed by atoms with Crippen molar-refractivity contribution in [2.24, 2.45) is 5.92 Å². The van der Waals surface area contributed by atoms with Crippen molar-refractivity contribution in [3.05, 3.63) is 29.6 Å². The summed E-state index contributed by atoms with van der Waals surface area (Å²) in [6, 6.07) is 3.99. The van der Waals surface area contributed by atoms with Crippen molar-refractivity contribution < 1.29 is 13.4 Å². The molecule has 0 saturated heterocycles. The lowest BCUT2D eigenvalue weighted by Crippen LogP contribution is -2.41. The molecular weight excluding hydrogens is 229 g/mol. The zero-order valence-electron chi connectivity index (χ0n) is 8.86. The van der Waals surface area contributed by atoms with Gasteiger partial charge in [0.2, 0.25) is 0 Å². The minimum atomic E-state index is -0.453. The first-order valence-electron chi connectivity index (χ1n) is 4.80. The molecule has 0 radical (unpaired) electrons. The SMILES string of the molecule is CC1C(=O)c2ccc(F)cc2N(C)C1=S=O. The van der Waals surface area contributed by atoms with Crippen LogP contribution in [0.4, 0.5) is 10.1 Å². The molecule has 5 heteroatoms. The van der Waals surface area contributed by atoms with Crippen LogP contribution in [-0.2, 0) is 11.3 Å². The lowest BCUT2D eigenvalue weighted by Gasteiger charge is -2.30. The van der Waals surface area contributed by atoms with Crippen molar-refractivity contribution in [3.63, 3.8) is 0 Å². The van der Waals surface area contributed by atoms with Gasteiger partial charge in [-0.2, -0.15) is 0 Å². The number of ketones is 1. The summed E-state index contributed by atoms with van der Waals surface area (Å²) in [7, 11) is 1.67. The number of rotatable bonds is 0. The first-order valence-corrected chi connectivity index (χ1v) is 5.54. The van der Waals surface area contributed by atoms with Crippen LogP contribution in [0.25, 0.3) is 0 Å². The van der Waals surface area contributed by atoms with Gasteiger partial charge in [0.1, 0.15) is 22.1 Å². The van der Waals surface area contributed by atoms with E-state index in [1.165, 1.54) is 18.2 Å². The van der Waals surface area contributed by atoms with E-state index in [1.54, 1.807) is 18.9 Å². The van der Waals surface area contributed by atoms with Crippen LogP contribution in [0, 0.1) is 11.7 Å². The fraction of sp³-hybridized carbons (Fsp3) is 0.273. The Morgan fingerprint density at radius 3 is 2.75 bits per heavy atom. The predicted molar refractivity (Wildman–Crippen MR) is 61.4 cm³/mol.